The van der Waals surface area contributed by atoms with Gasteiger partial charge < -0.3 is 20.5 Å². The topological polar surface area (TPSA) is 73.6 Å². The van der Waals surface area contributed by atoms with Crippen molar-refractivity contribution in [1.29, 1.82) is 0 Å². The molecule has 0 bridgehead atoms. The van der Waals surface area contributed by atoms with E-state index >= 15 is 0 Å². The monoisotopic (exact) mass is 286 g/mol. The van der Waals surface area contributed by atoms with Crippen molar-refractivity contribution in [1.82, 2.24) is 5.32 Å². The van der Waals surface area contributed by atoms with Crippen LogP contribution in [0.25, 0.3) is 0 Å². The van der Waals surface area contributed by atoms with E-state index in [0.29, 0.717) is 25.7 Å². The fourth-order valence-electron chi connectivity index (χ4n) is 2.30. The van der Waals surface area contributed by atoms with Crippen LogP contribution >= 0.6 is 0 Å². The Labute approximate surface area is 122 Å². The Morgan fingerprint density at radius 3 is 2.45 bits per heavy atom. The minimum atomic E-state index is -0.681. The van der Waals surface area contributed by atoms with Crippen molar-refractivity contribution in [3.63, 3.8) is 0 Å². The average Bonchev–Trinajstić information content (AvgIpc) is 3.26. The van der Waals surface area contributed by atoms with Crippen LogP contribution in [-0.2, 0) is 14.3 Å². The van der Waals surface area contributed by atoms with Gasteiger partial charge in [0.2, 0.25) is 5.91 Å². The van der Waals surface area contributed by atoms with Gasteiger partial charge >= 0.3 is 0 Å². The van der Waals surface area contributed by atoms with Crippen molar-refractivity contribution in [2.45, 2.75) is 51.5 Å². The largest absolute Gasteiger partial charge is 0.379 e. The number of carbonyl (C=O) groups excluding carboxylic acids is 1. The normalized spacial score (nSPS) is 17.9. The van der Waals surface area contributed by atoms with Crippen LogP contribution in [0, 0.1) is 5.92 Å². The minimum Gasteiger partial charge on any atom is -0.379 e. The second-order valence-corrected chi connectivity index (χ2v) is 5.56. The molecule has 5 heteroatoms. The van der Waals surface area contributed by atoms with Gasteiger partial charge in [0.15, 0.2) is 0 Å². The molecule has 1 fully saturated rings. The molecule has 118 valence electrons. The predicted molar refractivity (Wildman–Crippen MR) is 79.5 cm³/mol. The molecule has 0 aromatic rings. The van der Waals surface area contributed by atoms with Gasteiger partial charge in [-0.25, -0.2) is 0 Å². The zero-order valence-electron chi connectivity index (χ0n) is 13.0. The number of unbranched alkanes of at least 4 members (excludes halogenated alkanes) is 1. The highest BCUT2D eigenvalue weighted by atomic mass is 16.5. The Morgan fingerprint density at radius 1 is 1.20 bits per heavy atom. The van der Waals surface area contributed by atoms with Crippen molar-refractivity contribution in [2.75, 3.05) is 33.0 Å². The Hall–Kier alpha value is -0.650. The molecule has 1 aliphatic carbocycles. The maximum absolute atomic E-state index is 11.9. The molecule has 20 heavy (non-hydrogen) atoms. The SMILES string of the molecule is CCCCOCCOCC(NCCC)(C(N)=O)C1CC1. The molecule has 0 spiro atoms. The van der Waals surface area contributed by atoms with Crippen LogP contribution in [0.2, 0.25) is 0 Å². The number of carbonyl (C=O) groups is 1. The van der Waals surface area contributed by atoms with E-state index in [9.17, 15) is 4.79 Å². The van der Waals surface area contributed by atoms with E-state index in [4.69, 9.17) is 15.2 Å². The van der Waals surface area contributed by atoms with Crippen LogP contribution in [0.5, 0.6) is 0 Å². The first kappa shape index (κ1) is 17.4. The maximum Gasteiger partial charge on any atom is 0.240 e. The van der Waals surface area contributed by atoms with Gasteiger partial charge in [-0.15, -0.1) is 0 Å². The number of hydrogen-bond donors (Lipinski definition) is 2. The quantitative estimate of drug-likeness (QED) is 0.503. The molecule has 0 saturated heterocycles. The van der Waals surface area contributed by atoms with E-state index in [2.05, 4.69) is 19.2 Å². The number of ether oxygens (including phenoxy) is 2. The van der Waals surface area contributed by atoms with E-state index in [1.165, 1.54) is 0 Å². The van der Waals surface area contributed by atoms with Gasteiger partial charge in [-0.3, -0.25) is 4.79 Å². The third-order valence-electron chi connectivity index (χ3n) is 3.75. The molecule has 1 atom stereocenters. The van der Waals surface area contributed by atoms with E-state index in [1.54, 1.807) is 0 Å². The molecule has 0 aromatic carbocycles. The van der Waals surface area contributed by atoms with Gasteiger partial charge in [0, 0.05) is 6.61 Å². The number of amides is 1. The Balaban J connectivity index is 2.31. The first-order valence-electron chi connectivity index (χ1n) is 7.87. The van der Waals surface area contributed by atoms with E-state index < -0.39 is 5.54 Å². The maximum atomic E-state index is 11.9. The van der Waals surface area contributed by atoms with Gasteiger partial charge in [0.25, 0.3) is 0 Å². The predicted octanol–water partition coefficient (Wildman–Crippen LogP) is 1.45. The lowest BCUT2D eigenvalue weighted by Gasteiger charge is -2.31. The van der Waals surface area contributed by atoms with Crippen molar-refractivity contribution < 1.29 is 14.3 Å². The first-order valence-corrected chi connectivity index (χ1v) is 7.87. The van der Waals surface area contributed by atoms with Crippen molar-refractivity contribution in [2.24, 2.45) is 11.7 Å². The summed E-state index contributed by atoms with van der Waals surface area (Å²) >= 11 is 0. The summed E-state index contributed by atoms with van der Waals surface area (Å²) in [6.45, 7) is 7.22. The molecule has 1 unspecified atom stereocenters. The molecule has 0 aromatic heterocycles. The lowest BCUT2D eigenvalue weighted by atomic mass is 9.93. The Bertz CT molecular complexity index is 282. The van der Waals surface area contributed by atoms with Crippen molar-refractivity contribution in [3.05, 3.63) is 0 Å². The van der Waals surface area contributed by atoms with E-state index in [1.807, 2.05) is 0 Å². The number of nitrogens with one attached hydrogen (secondary N) is 1. The van der Waals surface area contributed by atoms with Crippen LogP contribution in [0.4, 0.5) is 0 Å². The summed E-state index contributed by atoms with van der Waals surface area (Å²) in [6.07, 6.45) is 5.29. The van der Waals surface area contributed by atoms with Gasteiger partial charge in [0.1, 0.15) is 5.54 Å². The molecule has 3 N–H and O–H groups in total. The average molecular weight is 286 g/mol. The molecule has 0 heterocycles. The zero-order chi connectivity index (χ0) is 14.8. The molecular weight excluding hydrogens is 256 g/mol. The number of primary amides is 1. The molecule has 0 radical (unpaired) electrons. The second kappa shape index (κ2) is 9.32. The summed E-state index contributed by atoms with van der Waals surface area (Å²) in [5.41, 5.74) is 4.94. The highest BCUT2D eigenvalue weighted by Crippen LogP contribution is 2.39. The van der Waals surface area contributed by atoms with Crippen molar-refractivity contribution in [3.8, 4) is 0 Å². The Kier molecular flexibility index (Phi) is 8.11. The summed E-state index contributed by atoms with van der Waals surface area (Å²) in [4.78, 5) is 11.9. The van der Waals surface area contributed by atoms with E-state index in [-0.39, 0.29) is 5.91 Å². The molecule has 1 saturated carbocycles. The fourth-order valence-corrected chi connectivity index (χ4v) is 2.30. The number of rotatable bonds is 13. The summed E-state index contributed by atoms with van der Waals surface area (Å²) < 4.78 is 11.1. The zero-order valence-corrected chi connectivity index (χ0v) is 13.0. The van der Waals surface area contributed by atoms with E-state index in [0.717, 1.165) is 45.3 Å². The molecule has 5 nitrogen and oxygen atoms in total. The third-order valence-corrected chi connectivity index (χ3v) is 3.75. The molecule has 1 amide bonds. The summed E-state index contributed by atoms with van der Waals surface area (Å²) in [6, 6.07) is 0. The lowest BCUT2D eigenvalue weighted by Crippen LogP contribution is -2.60. The van der Waals surface area contributed by atoms with Crippen LogP contribution in [0.3, 0.4) is 0 Å². The standard InChI is InChI=1S/C15H30N2O3/c1-3-5-9-19-10-11-20-12-15(14(16)18,13-6-7-13)17-8-4-2/h13,17H,3-12H2,1-2H3,(H2,16,18). The van der Waals surface area contributed by atoms with Gasteiger partial charge in [-0.1, -0.05) is 20.3 Å². The minimum absolute atomic E-state index is 0.291. The Morgan fingerprint density at radius 2 is 1.90 bits per heavy atom. The van der Waals surface area contributed by atoms with Gasteiger partial charge in [0.05, 0.1) is 19.8 Å². The smallest absolute Gasteiger partial charge is 0.240 e. The molecule has 1 rings (SSSR count). The van der Waals surface area contributed by atoms with Gasteiger partial charge in [-0.2, -0.15) is 0 Å². The third kappa shape index (κ3) is 5.38. The summed E-state index contributed by atoms with van der Waals surface area (Å²) in [7, 11) is 0. The van der Waals surface area contributed by atoms with Crippen molar-refractivity contribution >= 4 is 5.91 Å². The van der Waals surface area contributed by atoms with Crippen LogP contribution in [0.15, 0.2) is 0 Å². The first-order chi connectivity index (χ1) is 9.67. The second-order valence-electron chi connectivity index (χ2n) is 5.56. The summed E-state index contributed by atoms with van der Waals surface area (Å²) in [5, 5.41) is 3.32. The van der Waals surface area contributed by atoms with Crippen LogP contribution in [-0.4, -0.2) is 44.4 Å². The lowest BCUT2D eigenvalue weighted by molar-refractivity contribution is -0.128. The fraction of sp³-hybridized carbons (Fsp3) is 0.933. The molecular formula is C15H30N2O3. The molecule has 1 aliphatic rings. The van der Waals surface area contributed by atoms with Crippen LogP contribution < -0.4 is 11.1 Å². The van der Waals surface area contributed by atoms with Gasteiger partial charge in [-0.05, 0) is 38.1 Å². The number of nitrogens with two attached hydrogens (primary N) is 1. The molecule has 0 aliphatic heterocycles. The highest BCUT2D eigenvalue weighted by Gasteiger charge is 2.49. The summed E-state index contributed by atoms with van der Waals surface area (Å²) in [5.74, 6) is 0.0351. The number of hydrogen-bond acceptors (Lipinski definition) is 4. The highest BCUT2D eigenvalue weighted by molar-refractivity contribution is 5.85. The van der Waals surface area contributed by atoms with Crippen LogP contribution in [0.1, 0.15) is 46.0 Å².